The molecular formula is C23H22N2OS2. The summed E-state index contributed by atoms with van der Waals surface area (Å²) in [7, 11) is 0. The molecule has 0 fully saturated rings. The largest absolute Gasteiger partial charge is 0.493 e. The molecule has 2 aromatic carbocycles. The van der Waals surface area contributed by atoms with E-state index in [4.69, 9.17) is 12.2 Å². The first-order chi connectivity index (χ1) is 13.6. The standard InChI is InChI=1S/C23H22N2OS2/c1-18-11-13-20(14-12-18)24-16-7-3-6-10-21-22(26)25(23(27)28-21)17-15-19-8-4-2-5-9-19/h2-14,16,26H,15,17H2,1H3. The summed E-state index contributed by atoms with van der Waals surface area (Å²) in [6.07, 6.45) is 10.1. The lowest BCUT2D eigenvalue weighted by Crippen LogP contribution is -2.00. The van der Waals surface area contributed by atoms with Gasteiger partial charge in [0.25, 0.3) is 0 Å². The van der Waals surface area contributed by atoms with Crippen LogP contribution in [0.25, 0.3) is 6.08 Å². The van der Waals surface area contributed by atoms with Gasteiger partial charge in [0.05, 0.1) is 10.6 Å². The van der Waals surface area contributed by atoms with Crippen molar-refractivity contribution in [1.29, 1.82) is 0 Å². The van der Waals surface area contributed by atoms with E-state index in [0.717, 1.165) is 17.0 Å². The van der Waals surface area contributed by atoms with Crippen molar-refractivity contribution < 1.29 is 5.11 Å². The van der Waals surface area contributed by atoms with Crippen molar-refractivity contribution in [2.75, 3.05) is 0 Å². The first-order valence-corrected chi connectivity index (χ1v) is 10.3. The minimum absolute atomic E-state index is 0.226. The van der Waals surface area contributed by atoms with Gasteiger partial charge in [0, 0.05) is 12.8 Å². The third kappa shape index (κ3) is 5.62. The summed E-state index contributed by atoms with van der Waals surface area (Å²) in [6, 6.07) is 18.2. The minimum atomic E-state index is 0.226. The van der Waals surface area contributed by atoms with Gasteiger partial charge in [-0.1, -0.05) is 60.2 Å². The van der Waals surface area contributed by atoms with E-state index < -0.39 is 0 Å². The average molecular weight is 407 g/mol. The molecule has 0 atom stereocenters. The lowest BCUT2D eigenvalue weighted by atomic mass is 10.1. The second-order valence-electron chi connectivity index (χ2n) is 6.30. The van der Waals surface area contributed by atoms with Gasteiger partial charge in [-0.25, -0.2) is 0 Å². The zero-order valence-electron chi connectivity index (χ0n) is 15.7. The Morgan fingerprint density at radius 1 is 1.04 bits per heavy atom. The molecule has 3 rings (SSSR count). The molecule has 0 amide bonds. The van der Waals surface area contributed by atoms with Gasteiger partial charge in [-0.2, -0.15) is 0 Å². The number of allylic oxidation sites excluding steroid dienone is 3. The summed E-state index contributed by atoms with van der Waals surface area (Å²) in [5, 5.41) is 10.5. The molecule has 0 aliphatic carbocycles. The van der Waals surface area contributed by atoms with Crippen molar-refractivity contribution in [2.45, 2.75) is 19.9 Å². The number of hydrogen-bond donors (Lipinski definition) is 1. The van der Waals surface area contributed by atoms with E-state index in [-0.39, 0.29) is 5.88 Å². The summed E-state index contributed by atoms with van der Waals surface area (Å²) >= 11 is 6.82. The zero-order valence-corrected chi connectivity index (χ0v) is 17.3. The lowest BCUT2D eigenvalue weighted by molar-refractivity contribution is 0.414. The smallest absolute Gasteiger partial charge is 0.210 e. The minimum Gasteiger partial charge on any atom is -0.493 e. The van der Waals surface area contributed by atoms with Gasteiger partial charge in [0.2, 0.25) is 5.88 Å². The van der Waals surface area contributed by atoms with Gasteiger partial charge in [0.1, 0.15) is 0 Å². The fraction of sp³-hybridized carbons (Fsp3) is 0.130. The molecule has 1 heterocycles. The van der Waals surface area contributed by atoms with Gasteiger partial charge in [-0.05, 0) is 55.4 Å². The number of hydrogen-bond acceptors (Lipinski definition) is 4. The van der Waals surface area contributed by atoms with Crippen molar-refractivity contribution in [3.05, 3.63) is 92.8 Å². The summed E-state index contributed by atoms with van der Waals surface area (Å²) in [5.41, 5.74) is 3.36. The van der Waals surface area contributed by atoms with E-state index in [9.17, 15) is 5.11 Å². The van der Waals surface area contributed by atoms with Crippen molar-refractivity contribution in [1.82, 2.24) is 4.57 Å². The molecule has 0 radical (unpaired) electrons. The highest BCUT2D eigenvalue weighted by molar-refractivity contribution is 7.73. The highest BCUT2D eigenvalue weighted by Crippen LogP contribution is 2.27. The first kappa shape index (κ1) is 20.0. The number of aryl methyl sites for hydroxylation is 2. The van der Waals surface area contributed by atoms with E-state index in [1.165, 1.54) is 22.5 Å². The zero-order chi connectivity index (χ0) is 19.8. The van der Waals surface area contributed by atoms with E-state index in [1.54, 1.807) is 10.8 Å². The van der Waals surface area contributed by atoms with Gasteiger partial charge in [0.15, 0.2) is 3.95 Å². The van der Waals surface area contributed by atoms with Crippen molar-refractivity contribution in [3.8, 4) is 5.88 Å². The number of thiazole rings is 1. The summed E-state index contributed by atoms with van der Waals surface area (Å²) < 4.78 is 2.47. The highest BCUT2D eigenvalue weighted by atomic mass is 32.1. The van der Waals surface area contributed by atoms with Crippen LogP contribution < -0.4 is 0 Å². The van der Waals surface area contributed by atoms with Crippen LogP contribution in [0.2, 0.25) is 0 Å². The molecule has 3 aromatic rings. The number of nitrogens with zero attached hydrogens (tertiary/aromatic N) is 2. The van der Waals surface area contributed by atoms with Crippen molar-refractivity contribution in [3.63, 3.8) is 0 Å². The molecule has 0 aliphatic rings. The third-order valence-corrected chi connectivity index (χ3v) is 5.58. The SMILES string of the molecule is Cc1ccc(N=CC=CC=Cc2sc(=S)n(CCc3ccccc3)c2O)cc1. The molecule has 0 bridgehead atoms. The third-order valence-electron chi connectivity index (χ3n) is 4.17. The number of aromatic nitrogens is 1. The topological polar surface area (TPSA) is 37.5 Å². The van der Waals surface area contributed by atoms with E-state index >= 15 is 0 Å². The number of rotatable bonds is 7. The van der Waals surface area contributed by atoms with Crippen LogP contribution in [0.1, 0.15) is 16.0 Å². The molecule has 0 saturated heterocycles. The molecule has 0 spiro atoms. The second kappa shape index (κ2) is 9.97. The van der Waals surface area contributed by atoms with Crippen LogP contribution in [0.3, 0.4) is 0 Å². The van der Waals surface area contributed by atoms with Crippen LogP contribution in [0.4, 0.5) is 5.69 Å². The molecule has 3 nitrogen and oxygen atoms in total. The Bertz CT molecular complexity index is 1040. The molecule has 1 aromatic heterocycles. The highest BCUT2D eigenvalue weighted by Gasteiger charge is 2.09. The van der Waals surface area contributed by atoms with E-state index in [1.807, 2.05) is 66.8 Å². The molecule has 5 heteroatoms. The Hall–Kier alpha value is -2.76. The predicted molar refractivity (Wildman–Crippen MR) is 122 cm³/mol. The Labute approximate surface area is 174 Å². The molecule has 28 heavy (non-hydrogen) atoms. The molecule has 0 aliphatic heterocycles. The fourth-order valence-corrected chi connectivity index (χ4v) is 3.89. The van der Waals surface area contributed by atoms with E-state index in [2.05, 4.69) is 24.0 Å². The number of aliphatic imine (C=N–C) groups is 1. The van der Waals surface area contributed by atoms with Gasteiger partial charge in [-0.3, -0.25) is 9.56 Å². The van der Waals surface area contributed by atoms with Crippen LogP contribution in [0.5, 0.6) is 5.88 Å². The van der Waals surface area contributed by atoms with Crippen LogP contribution in [0, 0.1) is 10.9 Å². The summed E-state index contributed by atoms with van der Waals surface area (Å²) in [5.74, 6) is 0.226. The van der Waals surface area contributed by atoms with E-state index in [0.29, 0.717) is 10.5 Å². The van der Waals surface area contributed by atoms with Crippen molar-refractivity contribution >= 4 is 41.5 Å². The molecule has 0 saturated carbocycles. The maximum Gasteiger partial charge on any atom is 0.210 e. The van der Waals surface area contributed by atoms with Crippen LogP contribution in [-0.2, 0) is 13.0 Å². The Balaban J connectivity index is 1.59. The average Bonchev–Trinajstić information content (AvgIpc) is 2.98. The maximum absolute atomic E-state index is 10.5. The summed E-state index contributed by atoms with van der Waals surface area (Å²) in [4.78, 5) is 5.13. The summed E-state index contributed by atoms with van der Waals surface area (Å²) in [6.45, 7) is 2.72. The fourth-order valence-electron chi connectivity index (χ4n) is 2.62. The van der Waals surface area contributed by atoms with Gasteiger partial charge >= 0.3 is 0 Å². The number of benzene rings is 2. The van der Waals surface area contributed by atoms with Crippen molar-refractivity contribution in [2.24, 2.45) is 4.99 Å². The first-order valence-electron chi connectivity index (χ1n) is 9.04. The number of aromatic hydroxyl groups is 1. The monoisotopic (exact) mass is 406 g/mol. The molecule has 142 valence electrons. The lowest BCUT2D eigenvalue weighted by Gasteiger charge is -2.04. The predicted octanol–water partition coefficient (Wildman–Crippen LogP) is 6.51. The molecular weight excluding hydrogens is 384 g/mol. The molecule has 0 unspecified atom stereocenters. The van der Waals surface area contributed by atoms with Gasteiger partial charge < -0.3 is 5.11 Å². The van der Waals surface area contributed by atoms with Crippen LogP contribution in [0.15, 0.2) is 77.8 Å². The molecule has 1 N–H and O–H groups in total. The quantitative estimate of drug-likeness (QED) is 0.276. The van der Waals surface area contributed by atoms with Crippen LogP contribution in [-0.4, -0.2) is 15.9 Å². The normalized spacial score (nSPS) is 11.9. The Morgan fingerprint density at radius 3 is 2.54 bits per heavy atom. The maximum atomic E-state index is 10.5. The Kier molecular flexibility index (Phi) is 7.12. The van der Waals surface area contributed by atoms with Crippen LogP contribution >= 0.6 is 23.6 Å². The Morgan fingerprint density at radius 2 is 1.79 bits per heavy atom. The second-order valence-corrected chi connectivity index (χ2v) is 7.98. The van der Waals surface area contributed by atoms with Gasteiger partial charge in [-0.15, -0.1) is 11.3 Å².